The van der Waals surface area contributed by atoms with Gasteiger partial charge in [-0.3, -0.25) is 0 Å². The molecule has 0 saturated heterocycles. The lowest BCUT2D eigenvalue weighted by Gasteiger charge is -2.02. The molecule has 100 valence electrons. The molecule has 0 bridgehead atoms. The first-order chi connectivity index (χ1) is 9.69. The van der Waals surface area contributed by atoms with E-state index in [2.05, 4.69) is 4.98 Å². The van der Waals surface area contributed by atoms with E-state index < -0.39 is 0 Å². The highest BCUT2D eigenvalue weighted by Gasteiger charge is 2.12. The van der Waals surface area contributed by atoms with Crippen LogP contribution in [0.25, 0.3) is 22.0 Å². The fourth-order valence-electron chi connectivity index (χ4n) is 2.23. The van der Waals surface area contributed by atoms with Crippen LogP contribution in [0.3, 0.4) is 0 Å². The van der Waals surface area contributed by atoms with Crippen LogP contribution in [-0.2, 0) is 4.74 Å². The van der Waals surface area contributed by atoms with Gasteiger partial charge in [-0.15, -0.1) is 0 Å². The fraction of sp³-hybridized carbons (Fsp3) is 0.0625. The van der Waals surface area contributed by atoms with E-state index in [4.69, 9.17) is 4.74 Å². The van der Waals surface area contributed by atoms with E-state index in [1.165, 1.54) is 19.2 Å². The molecule has 0 saturated carbocycles. The molecule has 20 heavy (non-hydrogen) atoms. The summed E-state index contributed by atoms with van der Waals surface area (Å²) < 4.78 is 17.7. The van der Waals surface area contributed by atoms with Gasteiger partial charge in [-0.05, 0) is 29.3 Å². The summed E-state index contributed by atoms with van der Waals surface area (Å²) in [4.78, 5) is 14.6. The van der Waals surface area contributed by atoms with Crippen molar-refractivity contribution in [1.29, 1.82) is 0 Å². The zero-order valence-corrected chi connectivity index (χ0v) is 10.8. The molecule has 0 spiro atoms. The van der Waals surface area contributed by atoms with E-state index >= 15 is 0 Å². The zero-order valence-electron chi connectivity index (χ0n) is 10.8. The molecular weight excluding hydrogens is 257 g/mol. The fourth-order valence-corrected chi connectivity index (χ4v) is 2.23. The molecule has 0 unspecified atom stereocenters. The van der Waals surface area contributed by atoms with E-state index in [0.717, 1.165) is 22.0 Å². The van der Waals surface area contributed by atoms with Crippen molar-refractivity contribution < 1.29 is 13.9 Å². The molecule has 2 aromatic carbocycles. The molecule has 3 rings (SSSR count). The maximum absolute atomic E-state index is 12.9. The quantitative estimate of drug-likeness (QED) is 0.720. The van der Waals surface area contributed by atoms with Crippen molar-refractivity contribution in [3.63, 3.8) is 0 Å². The van der Waals surface area contributed by atoms with E-state index in [1.54, 1.807) is 18.3 Å². The molecule has 3 nitrogen and oxygen atoms in total. The number of nitrogens with one attached hydrogen (secondary N) is 1. The van der Waals surface area contributed by atoms with Gasteiger partial charge in [0.15, 0.2) is 0 Å². The normalized spacial score (nSPS) is 10.7. The summed E-state index contributed by atoms with van der Waals surface area (Å²) >= 11 is 0. The van der Waals surface area contributed by atoms with Gasteiger partial charge in [-0.1, -0.05) is 24.3 Å². The molecule has 0 aliphatic heterocycles. The summed E-state index contributed by atoms with van der Waals surface area (Å²) in [6.07, 6.45) is 1.63. The number of carbonyl (C=O) groups is 1. The Morgan fingerprint density at radius 1 is 1.10 bits per heavy atom. The third kappa shape index (κ3) is 2.05. The molecular formula is C16H12FNO2. The highest BCUT2D eigenvalue weighted by Crippen LogP contribution is 2.26. The number of carbonyl (C=O) groups excluding carboxylic acids is 1. The summed E-state index contributed by atoms with van der Waals surface area (Å²) in [6, 6.07) is 12.0. The maximum atomic E-state index is 12.9. The van der Waals surface area contributed by atoms with Gasteiger partial charge in [0.05, 0.1) is 12.7 Å². The highest BCUT2D eigenvalue weighted by atomic mass is 19.1. The van der Waals surface area contributed by atoms with Gasteiger partial charge in [0, 0.05) is 17.1 Å². The van der Waals surface area contributed by atoms with Crippen molar-refractivity contribution in [3.8, 4) is 11.1 Å². The van der Waals surface area contributed by atoms with E-state index in [0.29, 0.717) is 5.56 Å². The van der Waals surface area contributed by atoms with Crippen molar-refractivity contribution in [2.24, 2.45) is 0 Å². The molecule has 0 aliphatic carbocycles. The number of methoxy groups -OCH3 is 1. The lowest BCUT2D eigenvalue weighted by molar-refractivity contribution is 0.0603. The minimum Gasteiger partial charge on any atom is -0.465 e. The molecule has 0 atom stereocenters. The Hall–Kier alpha value is -2.62. The Labute approximate surface area is 115 Å². The number of esters is 1. The molecule has 0 amide bonds. The summed E-state index contributed by atoms with van der Waals surface area (Å²) in [7, 11) is 1.36. The van der Waals surface area contributed by atoms with Crippen LogP contribution in [-0.4, -0.2) is 18.1 Å². The molecule has 1 aromatic heterocycles. The largest absolute Gasteiger partial charge is 0.465 e. The first-order valence-electron chi connectivity index (χ1n) is 6.14. The second-order valence-electron chi connectivity index (χ2n) is 4.46. The minimum atomic E-state index is -0.370. The van der Waals surface area contributed by atoms with Crippen LogP contribution in [0.5, 0.6) is 0 Å². The molecule has 4 heteroatoms. The first-order valence-corrected chi connectivity index (χ1v) is 6.14. The lowest BCUT2D eigenvalue weighted by atomic mass is 10.0. The number of hydrogen-bond donors (Lipinski definition) is 1. The van der Waals surface area contributed by atoms with Gasteiger partial charge in [0.2, 0.25) is 0 Å². The maximum Gasteiger partial charge on any atom is 0.340 e. The van der Waals surface area contributed by atoms with Crippen LogP contribution in [0.1, 0.15) is 10.4 Å². The van der Waals surface area contributed by atoms with Crippen molar-refractivity contribution in [3.05, 3.63) is 60.0 Å². The summed E-state index contributed by atoms with van der Waals surface area (Å²) in [6.45, 7) is 0. The average molecular weight is 269 g/mol. The van der Waals surface area contributed by atoms with Crippen molar-refractivity contribution in [1.82, 2.24) is 4.98 Å². The Bertz CT molecular complexity index is 775. The Kier molecular flexibility index (Phi) is 2.99. The Morgan fingerprint density at radius 3 is 2.50 bits per heavy atom. The number of benzene rings is 2. The first kappa shape index (κ1) is 12.4. The summed E-state index contributed by atoms with van der Waals surface area (Å²) in [5.74, 6) is -0.631. The van der Waals surface area contributed by atoms with Crippen LogP contribution < -0.4 is 0 Å². The second kappa shape index (κ2) is 4.81. The zero-order chi connectivity index (χ0) is 14.1. The van der Waals surface area contributed by atoms with Gasteiger partial charge in [-0.2, -0.15) is 0 Å². The van der Waals surface area contributed by atoms with Gasteiger partial charge >= 0.3 is 5.97 Å². The van der Waals surface area contributed by atoms with Gasteiger partial charge in [0.25, 0.3) is 0 Å². The number of H-pyrrole nitrogens is 1. The Balaban J connectivity index is 2.08. The minimum absolute atomic E-state index is 0.261. The summed E-state index contributed by atoms with van der Waals surface area (Å²) in [5.41, 5.74) is 3.22. The number of hydrogen-bond acceptors (Lipinski definition) is 2. The average Bonchev–Trinajstić information content (AvgIpc) is 2.90. The van der Waals surface area contributed by atoms with Crippen molar-refractivity contribution >= 4 is 16.9 Å². The van der Waals surface area contributed by atoms with Gasteiger partial charge in [0.1, 0.15) is 5.82 Å². The van der Waals surface area contributed by atoms with Gasteiger partial charge < -0.3 is 9.72 Å². The topological polar surface area (TPSA) is 42.1 Å². The SMILES string of the molecule is COC(=O)c1c[nH]c2cc(-c3ccc(F)cc3)ccc12. The van der Waals surface area contributed by atoms with E-state index in [1.807, 2.05) is 18.2 Å². The summed E-state index contributed by atoms with van der Waals surface area (Å²) in [5, 5.41) is 0.808. The van der Waals surface area contributed by atoms with Crippen LogP contribution in [0.15, 0.2) is 48.7 Å². The Morgan fingerprint density at radius 2 is 1.80 bits per heavy atom. The smallest absolute Gasteiger partial charge is 0.340 e. The van der Waals surface area contributed by atoms with E-state index in [9.17, 15) is 9.18 Å². The van der Waals surface area contributed by atoms with Crippen molar-refractivity contribution in [2.75, 3.05) is 7.11 Å². The number of halogens is 1. The number of ether oxygens (including phenoxy) is 1. The number of aromatic nitrogens is 1. The molecule has 0 aliphatic rings. The molecule has 1 heterocycles. The van der Waals surface area contributed by atoms with Crippen molar-refractivity contribution in [2.45, 2.75) is 0 Å². The number of aromatic amines is 1. The van der Waals surface area contributed by atoms with Crippen LogP contribution in [0.2, 0.25) is 0 Å². The number of fused-ring (bicyclic) bond motifs is 1. The third-order valence-electron chi connectivity index (χ3n) is 3.26. The van der Waals surface area contributed by atoms with E-state index in [-0.39, 0.29) is 11.8 Å². The van der Waals surface area contributed by atoms with Crippen LogP contribution in [0.4, 0.5) is 4.39 Å². The monoisotopic (exact) mass is 269 g/mol. The number of rotatable bonds is 2. The molecule has 3 aromatic rings. The molecule has 0 fully saturated rings. The predicted molar refractivity (Wildman–Crippen MR) is 75.0 cm³/mol. The second-order valence-corrected chi connectivity index (χ2v) is 4.46. The molecule has 0 radical (unpaired) electrons. The lowest BCUT2D eigenvalue weighted by Crippen LogP contribution is -1.99. The van der Waals surface area contributed by atoms with Crippen LogP contribution in [0, 0.1) is 5.82 Å². The third-order valence-corrected chi connectivity index (χ3v) is 3.26. The van der Waals surface area contributed by atoms with Crippen LogP contribution >= 0.6 is 0 Å². The highest BCUT2D eigenvalue weighted by molar-refractivity contribution is 6.04. The predicted octanol–water partition coefficient (Wildman–Crippen LogP) is 3.76. The standard InChI is InChI=1S/C16H12FNO2/c1-20-16(19)14-9-18-15-8-11(4-7-13(14)15)10-2-5-12(17)6-3-10/h2-9,18H,1H3. The molecule has 1 N–H and O–H groups in total. The van der Waals surface area contributed by atoms with Gasteiger partial charge in [-0.25, -0.2) is 9.18 Å².